The summed E-state index contributed by atoms with van der Waals surface area (Å²) in [7, 11) is 1.67. The van der Waals surface area contributed by atoms with Crippen molar-refractivity contribution < 1.29 is 4.74 Å². The molecule has 0 radical (unpaired) electrons. The predicted octanol–water partition coefficient (Wildman–Crippen LogP) is 4.70. The van der Waals surface area contributed by atoms with Gasteiger partial charge in [-0.1, -0.05) is 60.5 Å². The van der Waals surface area contributed by atoms with E-state index >= 15 is 0 Å². The summed E-state index contributed by atoms with van der Waals surface area (Å²) in [4.78, 5) is 0. The third-order valence-electron chi connectivity index (χ3n) is 3.15. The van der Waals surface area contributed by atoms with Crippen molar-refractivity contribution in [2.45, 2.75) is 13.0 Å². The summed E-state index contributed by atoms with van der Waals surface area (Å²) < 4.78 is 5.45. The van der Waals surface area contributed by atoms with Crippen molar-refractivity contribution in [1.29, 1.82) is 0 Å². The van der Waals surface area contributed by atoms with Crippen molar-refractivity contribution in [2.24, 2.45) is 0 Å². The molecule has 1 N–H and O–H groups in total. The lowest BCUT2D eigenvalue weighted by atomic mass is 9.97. The topological polar surface area (TPSA) is 21.3 Å². The van der Waals surface area contributed by atoms with E-state index in [2.05, 4.69) is 12.2 Å². The Balaban J connectivity index is 2.53. The normalized spacial score (nSPS) is 12.2. The van der Waals surface area contributed by atoms with Crippen LogP contribution in [0.15, 0.2) is 42.5 Å². The Morgan fingerprint density at radius 3 is 2.45 bits per heavy atom. The standard InChI is InChI=1S/C16H17Cl2NO/c1-3-19-16(11-7-4-5-10-14(11)20-2)12-8-6-9-13(17)15(12)18/h4-10,16,19H,3H2,1-2H3. The predicted molar refractivity (Wildman–Crippen MR) is 85.0 cm³/mol. The van der Waals surface area contributed by atoms with Crippen LogP contribution >= 0.6 is 23.2 Å². The number of ether oxygens (including phenoxy) is 1. The van der Waals surface area contributed by atoms with Crippen LogP contribution in [0.2, 0.25) is 10.0 Å². The molecule has 1 unspecified atom stereocenters. The van der Waals surface area contributed by atoms with Gasteiger partial charge in [0.15, 0.2) is 0 Å². The van der Waals surface area contributed by atoms with E-state index in [0.717, 1.165) is 23.4 Å². The highest BCUT2D eigenvalue weighted by atomic mass is 35.5. The Morgan fingerprint density at radius 2 is 1.75 bits per heavy atom. The van der Waals surface area contributed by atoms with Gasteiger partial charge in [-0.15, -0.1) is 0 Å². The van der Waals surface area contributed by atoms with E-state index in [4.69, 9.17) is 27.9 Å². The zero-order valence-electron chi connectivity index (χ0n) is 11.5. The molecule has 0 aliphatic heterocycles. The smallest absolute Gasteiger partial charge is 0.123 e. The van der Waals surface area contributed by atoms with Gasteiger partial charge in [-0.2, -0.15) is 0 Å². The maximum absolute atomic E-state index is 6.36. The molecule has 0 aliphatic rings. The third-order valence-corrected chi connectivity index (χ3v) is 3.98. The molecule has 0 saturated carbocycles. The summed E-state index contributed by atoms with van der Waals surface area (Å²) in [5, 5.41) is 4.57. The lowest BCUT2D eigenvalue weighted by Crippen LogP contribution is -2.22. The van der Waals surface area contributed by atoms with E-state index < -0.39 is 0 Å². The largest absolute Gasteiger partial charge is 0.496 e. The average Bonchev–Trinajstić information content (AvgIpc) is 2.48. The van der Waals surface area contributed by atoms with Crippen LogP contribution < -0.4 is 10.1 Å². The molecule has 2 nitrogen and oxygen atoms in total. The van der Waals surface area contributed by atoms with E-state index in [-0.39, 0.29) is 6.04 Å². The lowest BCUT2D eigenvalue weighted by molar-refractivity contribution is 0.404. The van der Waals surface area contributed by atoms with Crippen LogP contribution in [0.3, 0.4) is 0 Å². The van der Waals surface area contributed by atoms with Crippen LogP contribution in [0.4, 0.5) is 0 Å². The number of benzene rings is 2. The number of para-hydroxylation sites is 1. The third kappa shape index (κ3) is 3.09. The second kappa shape index (κ2) is 6.98. The molecule has 0 aromatic heterocycles. The highest BCUT2D eigenvalue weighted by Crippen LogP contribution is 2.36. The Morgan fingerprint density at radius 1 is 1.05 bits per heavy atom. The SMILES string of the molecule is CCNC(c1ccccc1OC)c1cccc(Cl)c1Cl. The highest BCUT2D eigenvalue weighted by Gasteiger charge is 2.20. The van der Waals surface area contributed by atoms with Gasteiger partial charge < -0.3 is 10.1 Å². The number of nitrogens with one attached hydrogen (secondary N) is 1. The molecule has 4 heteroatoms. The first-order valence-electron chi connectivity index (χ1n) is 6.49. The molecule has 0 bridgehead atoms. The summed E-state index contributed by atoms with van der Waals surface area (Å²) in [6.45, 7) is 2.87. The first-order valence-corrected chi connectivity index (χ1v) is 7.24. The highest BCUT2D eigenvalue weighted by molar-refractivity contribution is 6.42. The maximum Gasteiger partial charge on any atom is 0.123 e. The first-order chi connectivity index (χ1) is 9.69. The molecule has 0 heterocycles. The molecule has 0 fully saturated rings. The fourth-order valence-corrected chi connectivity index (χ4v) is 2.66. The Hall–Kier alpha value is -1.22. The molecule has 2 aromatic rings. The van der Waals surface area contributed by atoms with Crippen molar-refractivity contribution in [2.75, 3.05) is 13.7 Å². The lowest BCUT2D eigenvalue weighted by Gasteiger charge is -2.22. The molecule has 20 heavy (non-hydrogen) atoms. The fraction of sp³-hybridized carbons (Fsp3) is 0.250. The van der Waals surface area contributed by atoms with Crippen LogP contribution in [-0.4, -0.2) is 13.7 Å². The summed E-state index contributed by atoms with van der Waals surface area (Å²) in [6, 6.07) is 13.5. The zero-order chi connectivity index (χ0) is 14.5. The van der Waals surface area contributed by atoms with Gasteiger partial charge in [-0.25, -0.2) is 0 Å². The average molecular weight is 310 g/mol. The quantitative estimate of drug-likeness (QED) is 0.864. The second-order valence-corrected chi connectivity index (χ2v) is 5.16. The van der Waals surface area contributed by atoms with Gasteiger partial charge in [0, 0.05) is 5.56 Å². The maximum atomic E-state index is 6.36. The van der Waals surface area contributed by atoms with Crippen LogP contribution in [0.25, 0.3) is 0 Å². The molecule has 106 valence electrons. The minimum Gasteiger partial charge on any atom is -0.496 e. The minimum absolute atomic E-state index is 0.0534. The number of hydrogen-bond acceptors (Lipinski definition) is 2. The van der Waals surface area contributed by atoms with Crippen molar-refractivity contribution >= 4 is 23.2 Å². The second-order valence-electron chi connectivity index (χ2n) is 4.38. The van der Waals surface area contributed by atoms with Crippen LogP contribution in [-0.2, 0) is 0 Å². The van der Waals surface area contributed by atoms with E-state index in [9.17, 15) is 0 Å². The first kappa shape index (κ1) is 15.2. The Labute approximate surface area is 129 Å². The van der Waals surface area contributed by atoms with Gasteiger partial charge in [0.25, 0.3) is 0 Å². The van der Waals surface area contributed by atoms with Crippen LogP contribution in [0.5, 0.6) is 5.75 Å². The fourth-order valence-electron chi connectivity index (χ4n) is 2.24. The van der Waals surface area contributed by atoms with Gasteiger partial charge in [0.1, 0.15) is 5.75 Å². The molecule has 0 aliphatic carbocycles. The molecule has 2 rings (SSSR count). The molecule has 2 aromatic carbocycles. The van der Waals surface area contributed by atoms with Gasteiger partial charge in [0.05, 0.1) is 23.2 Å². The van der Waals surface area contributed by atoms with Gasteiger partial charge in [0.2, 0.25) is 0 Å². The van der Waals surface area contributed by atoms with Crippen molar-refractivity contribution in [1.82, 2.24) is 5.32 Å². The molecular formula is C16H17Cl2NO. The van der Waals surface area contributed by atoms with Crippen LogP contribution in [0, 0.1) is 0 Å². The summed E-state index contributed by atoms with van der Waals surface area (Å²) in [5.74, 6) is 0.828. The van der Waals surface area contributed by atoms with Crippen molar-refractivity contribution in [3.05, 3.63) is 63.6 Å². The minimum atomic E-state index is -0.0534. The molecular weight excluding hydrogens is 293 g/mol. The number of rotatable bonds is 5. The van der Waals surface area contributed by atoms with Gasteiger partial charge in [-0.3, -0.25) is 0 Å². The van der Waals surface area contributed by atoms with Gasteiger partial charge in [-0.05, 0) is 24.2 Å². The Bertz CT molecular complexity index is 586. The molecule has 0 spiro atoms. The summed E-state index contributed by atoms with van der Waals surface area (Å²) >= 11 is 12.5. The van der Waals surface area contributed by atoms with E-state index in [1.165, 1.54) is 0 Å². The van der Waals surface area contributed by atoms with Crippen molar-refractivity contribution in [3.8, 4) is 5.75 Å². The molecule has 0 amide bonds. The number of halogens is 2. The van der Waals surface area contributed by atoms with Crippen LogP contribution in [0.1, 0.15) is 24.1 Å². The van der Waals surface area contributed by atoms with E-state index in [0.29, 0.717) is 10.0 Å². The zero-order valence-corrected chi connectivity index (χ0v) is 13.0. The number of hydrogen-bond donors (Lipinski definition) is 1. The number of methoxy groups -OCH3 is 1. The van der Waals surface area contributed by atoms with Crippen molar-refractivity contribution in [3.63, 3.8) is 0 Å². The molecule has 1 atom stereocenters. The monoisotopic (exact) mass is 309 g/mol. The summed E-state index contributed by atoms with van der Waals surface area (Å²) in [5.41, 5.74) is 1.99. The van der Waals surface area contributed by atoms with E-state index in [1.807, 2.05) is 36.4 Å². The Kier molecular flexibility index (Phi) is 5.30. The van der Waals surface area contributed by atoms with E-state index in [1.54, 1.807) is 13.2 Å². The molecule has 0 saturated heterocycles. The summed E-state index contributed by atoms with van der Waals surface area (Å²) in [6.07, 6.45) is 0. The van der Waals surface area contributed by atoms with Gasteiger partial charge >= 0.3 is 0 Å².